The zero-order chi connectivity index (χ0) is 12.3. The molecule has 4 unspecified atom stereocenters. The molecule has 1 nitrogen and oxygen atoms in total. The van der Waals surface area contributed by atoms with E-state index in [2.05, 4.69) is 19.9 Å². The molecule has 17 heavy (non-hydrogen) atoms. The number of allylic oxidation sites excluding steroid dienone is 1. The van der Waals surface area contributed by atoms with Gasteiger partial charge in [0.25, 0.3) is 0 Å². The van der Waals surface area contributed by atoms with Gasteiger partial charge in [-0.15, -0.1) is 0 Å². The number of hydrogen-bond acceptors (Lipinski definition) is 1. The van der Waals surface area contributed by atoms with Crippen molar-refractivity contribution in [3.63, 3.8) is 0 Å². The van der Waals surface area contributed by atoms with Gasteiger partial charge >= 0.3 is 0 Å². The Labute approximate surface area is 106 Å². The Balaban J connectivity index is 1.83. The van der Waals surface area contributed by atoms with E-state index < -0.39 is 0 Å². The normalized spacial score (nSPS) is 36.4. The molecule has 0 aromatic heterocycles. The number of hydrogen-bond donors (Lipinski definition) is 1. The second-order valence-corrected chi connectivity index (χ2v) is 6.41. The third-order valence-electron chi connectivity index (χ3n) is 5.04. The van der Waals surface area contributed by atoms with Crippen molar-refractivity contribution in [2.45, 2.75) is 71.3 Å². The van der Waals surface area contributed by atoms with E-state index in [1.807, 2.05) is 0 Å². The first kappa shape index (κ1) is 13.1. The fourth-order valence-electron chi connectivity index (χ4n) is 3.46. The number of aliphatic hydroxyl groups is 1. The van der Waals surface area contributed by atoms with Gasteiger partial charge in [-0.25, -0.2) is 0 Å². The molecule has 2 rings (SSSR count). The predicted octanol–water partition coefficient (Wildman–Crippen LogP) is 4.31. The lowest BCUT2D eigenvalue weighted by atomic mass is 9.73. The Morgan fingerprint density at radius 3 is 2.71 bits per heavy atom. The van der Waals surface area contributed by atoms with E-state index in [1.165, 1.54) is 50.5 Å². The summed E-state index contributed by atoms with van der Waals surface area (Å²) >= 11 is 0. The van der Waals surface area contributed by atoms with E-state index in [-0.39, 0.29) is 6.10 Å². The van der Waals surface area contributed by atoms with E-state index in [1.54, 1.807) is 0 Å². The summed E-state index contributed by atoms with van der Waals surface area (Å²) in [6.07, 6.45) is 12.2. The molecule has 0 aliphatic heterocycles. The van der Waals surface area contributed by atoms with Crippen molar-refractivity contribution in [1.82, 2.24) is 0 Å². The molecule has 0 radical (unpaired) electrons. The van der Waals surface area contributed by atoms with Gasteiger partial charge in [-0.1, -0.05) is 31.9 Å². The molecule has 0 aromatic rings. The van der Waals surface area contributed by atoms with Crippen LogP contribution in [0.15, 0.2) is 11.6 Å². The van der Waals surface area contributed by atoms with Crippen molar-refractivity contribution in [2.24, 2.45) is 17.8 Å². The topological polar surface area (TPSA) is 20.2 Å². The third kappa shape index (κ3) is 3.58. The lowest BCUT2D eigenvalue weighted by Gasteiger charge is -2.35. The molecule has 0 aromatic carbocycles. The second kappa shape index (κ2) is 6.04. The van der Waals surface area contributed by atoms with Crippen molar-refractivity contribution in [2.75, 3.05) is 0 Å². The lowest BCUT2D eigenvalue weighted by Crippen LogP contribution is -2.29. The summed E-state index contributed by atoms with van der Waals surface area (Å²) in [5.41, 5.74) is 1.52. The second-order valence-electron chi connectivity index (χ2n) is 6.41. The van der Waals surface area contributed by atoms with Gasteiger partial charge in [0.05, 0.1) is 6.10 Å². The van der Waals surface area contributed by atoms with Gasteiger partial charge in [0.2, 0.25) is 0 Å². The van der Waals surface area contributed by atoms with Gasteiger partial charge in [0.15, 0.2) is 0 Å². The van der Waals surface area contributed by atoms with Crippen LogP contribution in [-0.4, -0.2) is 11.2 Å². The summed E-state index contributed by atoms with van der Waals surface area (Å²) in [5, 5.41) is 10.4. The Bertz CT molecular complexity index is 269. The van der Waals surface area contributed by atoms with Crippen molar-refractivity contribution >= 4 is 0 Å². The van der Waals surface area contributed by atoms with Crippen LogP contribution in [0.5, 0.6) is 0 Å². The van der Waals surface area contributed by atoms with E-state index in [4.69, 9.17) is 0 Å². The Kier molecular flexibility index (Phi) is 4.67. The molecule has 1 fully saturated rings. The van der Waals surface area contributed by atoms with Crippen LogP contribution < -0.4 is 0 Å². The highest BCUT2D eigenvalue weighted by Gasteiger charge is 2.29. The minimum atomic E-state index is -0.0747. The quantitative estimate of drug-likeness (QED) is 0.724. The molecule has 0 saturated heterocycles. The van der Waals surface area contributed by atoms with Crippen LogP contribution in [-0.2, 0) is 0 Å². The van der Waals surface area contributed by atoms with Crippen LogP contribution >= 0.6 is 0 Å². The van der Waals surface area contributed by atoms with Gasteiger partial charge in [0, 0.05) is 0 Å². The molecule has 0 amide bonds. The van der Waals surface area contributed by atoms with Gasteiger partial charge in [-0.05, 0) is 62.7 Å². The molecule has 0 bridgehead atoms. The zero-order valence-electron chi connectivity index (χ0n) is 11.5. The molecule has 98 valence electrons. The molecule has 0 spiro atoms. The monoisotopic (exact) mass is 236 g/mol. The minimum Gasteiger partial charge on any atom is -0.393 e. The minimum absolute atomic E-state index is 0.0747. The maximum absolute atomic E-state index is 10.4. The lowest BCUT2D eigenvalue weighted by molar-refractivity contribution is 0.0562. The van der Waals surface area contributed by atoms with Crippen LogP contribution in [0.4, 0.5) is 0 Å². The Morgan fingerprint density at radius 2 is 2.06 bits per heavy atom. The maximum Gasteiger partial charge on any atom is 0.0605 e. The van der Waals surface area contributed by atoms with Crippen LogP contribution in [0, 0.1) is 17.8 Å². The fourth-order valence-corrected chi connectivity index (χ4v) is 3.46. The largest absolute Gasteiger partial charge is 0.393 e. The molecular weight excluding hydrogens is 208 g/mol. The first-order valence-electron chi connectivity index (χ1n) is 7.52. The highest BCUT2D eigenvalue weighted by atomic mass is 16.3. The molecule has 2 aliphatic rings. The summed E-state index contributed by atoms with van der Waals surface area (Å²) in [6.45, 7) is 4.71. The highest BCUT2D eigenvalue weighted by molar-refractivity contribution is 5.06. The standard InChI is InChI=1S/C16H28O/c1-12-8-9-15(10-13(12)2)16(17)11-14-6-4-3-5-7-14/h6,12-13,15-17H,3-5,7-11H2,1-2H3. The molecule has 0 heterocycles. The molecule has 1 N–H and O–H groups in total. The first-order valence-corrected chi connectivity index (χ1v) is 7.52. The van der Waals surface area contributed by atoms with Crippen molar-refractivity contribution in [3.8, 4) is 0 Å². The SMILES string of the molecule is CC1CCC(C(O)CC2=CCCCC2)CC1C. The van der Waals surface area contributed by atoms with E-state index >= 15 is 0 Å². The van der Waals surface area contributed by atoms with Crippen LogP contribution in [0.2, 0.25) is 0 Å². The fraction of sp³-hybridized carbons (Fsp3) is 0.875. The van der Waals surface area contributed by atoms with Crippen LogP contribution in [0.3, 0.4) is 0 Å². The Hall–Kier alpha value is -0.300. The average molecular weight is 236 g/mol. The summed E-state index contributed by atoms with van der Waals surface area (Å²) in [5.74, 6) is 2.21. The molecule has 1 saturated carbocycles. The van der Waals surface area contributed by atoms with Crippen molar-refractivity contribution in [1.29, 1.82) is 0 Å². The van der Waals surface area contributed by atoms with Gasteiger partial charge in [-0.3, -0.25) is 0 Å². The maximum atomic E-state index is 10.4. The molecule has 2 aliphatic carbocycles. The van der Waals surface area contributed by atoms with E-state index in [9.17, 15) is 5.11 Å². The highest BCUT2D eigenvalue weighted by Crippen LogP contribution is 2.37. The summed E-state index contributed by atoms with van der Waals surface area (Å²) in [7, 11) is 0. The first-order chi connectivity index (χ1) is 8.16. The Morgan fingerprint density at radius 1 is 1.24 bits per heavy atom. The van der Waals surface area contributed by atoms with E-state index in [0.717, 1.165) is 18.3 Å². The van der Waals surface area contributed by atoms with Crippen LogP contribution in [0.1, 0.15) is 65.2 Å². The van der Waals surface area contributed by atoms with Crippen molar-refractivity contribution < 1.29 is 5.11 Å². The van der Waals surface area contributed by atoms with Gasteiger partial charge in [-0.2, -0.15) is 0 Å². The van der Waals surface area contributed by atoms with Gasteiger partial charge < -0.3 is 5.11 Å². The van der Waals surface area contributed by atoms with Gasteiger partial charge in [0.1, 0.15) is 0 Å². The molecule has 1 heteroatoms. The third-order valence-corrected chi connectivity index (χ3v) is 5.04. The predicted molar refractivity (Wildman–Crippen MR) is 72.8 cm³/mol. The smallest absolute Gasteiger partial charge is 0.0605 e. The molecule has 4 atom stereocenters. The summed E-state index contributed by atoms with van der Waals surface area (Å²) < 4.78 is 0. The number of aliphatic hydroxyl groups excluding tert-OH is 1. The summed E-state index contributed by atoms with van der Waals surface area (Å²) in [6, 6.07) is 0. The average Bonchev–Trinajstić information content (AvgIpc) is 2.34. The zero-order valence-corrected chi connectivity index (χ0v) is 11.5. The number of rotatable bonds is 3. The van der Waals surface area contributed by atoms with Crippen molar-refractivity contribution in [3.05, 3.63) is 11.6 Å². The molecular formula is C16H28O. The van der Waals surface area contributed by atoms with Crippen LogP contribution in [0.25, 0.3) is 0 Å². The van der Waals surface area contributed by atoms with E-state index in [0.29, 0.717) is 5.92 Å². The summed E-state index contributed by atoms with van der Waals surface area (Å²) in [4.78, 5) is 0.